The van der Waals surface area contributed by atoms with Crippen molar-refractivity contribution in [2.75, 3.05) is 0 Å². The maximum atomic E-state index is 11.4. The van der Waals surface area contributed by atoms with Gasteiger partial charge in [-0.2, -0.15) is 0 Å². The molecule has 2 heterocycles. The van der Waals surface area contributed by atoms with Gasteiger partial charge in [0.25, 0.3) is 0 Å². The molecule has 0 bridgehead atoms. The van der Waals surface area contributed by atoms with Gasteiger partial charge >= 0.3 is 5.97 Å². The van der Waals surface area contributed by atoms with Crippen LogP contribution in [-0.4, -0.2) is 11.1 Å². The number of hydrogen-bond donors (Lipinski definition) is 1. The van der Waals surface area contributed by atoms with Crippen LogP contribution in [0.4, 0.5) is 0 Å². The van der Waals surface area contributed by atoms with Crippen molar-refractivity contribution in [2.24, 2.45) is 0 Å². The minimum atomic E-state index is -0.963. The Morgan fingerprint density at radius 1 is 1.30 bits per heavy atom. The summed E-state index contributed by atoms with van der Waals surface area (Å²) in [6.45, 7) is 1.87. The molecule has 0 unspecified atom stereocenters. The van der Waals surface area contributed by atoms with Gasteiger partial charge in [0.1, 0.15) is 22.7 Å². The van der Waals surface area contributed by atoms with Crippen molar-refractivity contribution in [1.29, 1.82) is 0 Å². The van der Waals surface area contributed by atoms with E-state index in [-0.39, 0.29) is 5.56 Å². The van der Waals surface area contributed by atoms with Gasteiger partial charge in [0, 0.05) is 10.3 Å². The van der Waals surface area contributed by atoms with Crippen LogP contribution < -0.4 is 0 Å². The molecule has 20 heavy (non-hydrogen) atoms. The fourth-order valence-corrected chi connectivity index (χ4v) is 2.99. The zero-order valence-electron chi connectivity index (χ0n) is 10.8. The average molecular weight is 288 g/mol. The molecule has 0 spiro atoms. The van der Waals surface area contributed by atoms with E-state index in [1.54, 1.807) is 24.5 Å². The Bertz CT molecular complexity index is 769. The van der Waals surface area contributed by atoms with Crippen LogP contribution in [0.2, 0.25) is 0 Å². The predicted molar refractivity (Wildman–Crippen MR) is 76.2 cm³/mol. The number of fused-ring (bicyclic) bond motifs is 1. The SMILES string of the molecule is Cc1occc1SCc1oc2ccccc2c1C(=O)O. The second-order valence-corrected chi connectivity index (χ2v) is 5.35. The summed E-state index contributed by atoms with van der Waals surface area (Å²) in [4.78, 5) is 12.4. The monoisotopic (exact) mass is 288 g/mol. The van der Waals surface area contributed by atoms with Crippen molar-refractivity contribution >= 4 is 28.7 Å². The summed E-state index contributed by atoms with van der Waals surface area (Å²) in [6, 6.07) is 9.04. The number of aryl methyl sites for hydroxylation is 1. The molecule has 3 aromatic rings. The van der Waals surface area contributed by atoms with Crippen molar-refractivity contribution in [1.82, 2.24) is 0 Å². The molecule has 102 valence electrons. The van der Waals surface area contributed by atoms with E-state index in [2.05, 4.69) is 0 Å². The van der Waals surface area contributed by atoms with Crippen LogP contribution >= 0.6 is 11.8 Å². The number of carboxylic acids is 1. The maximum absolute atomic E-state index is 11.4. The molecule has 5 heteroatoms. The summed E-state index contributed by atoms with van der Waals surface area (Å²) in [6.07, 6.45) is 1.62. The van der Waals surface area contributed by atoms with Gasteiger partial charge in [-0.1, -0.05) is 18.2 Å². The zero-order chi connectivity index (χ0) is 14.1. The van der Waals surface area contributed by atoms with E-state index in [0.29, 0.717) is 22.5 Å². The number of rotatable bonds is 4. The molecule has 3 rings (SSSR count). The third-order valence-electron chi connectivity index (χ3n) is 3.05. The third kappa shape index (κ3) is 2.20. The zero-order valence-corrected chi connectivity index (χ0v) is 11.6. The van der Waals surface area contributed by atoms with Crippen LogP contribution in [0.1, 0.15) is 21.9 Å². The lowest BCUT2D eigenvalue weighted by Gasteiger charge is -1.99. The van der Waals surface area contributed by atoms with Crippen molar-refractivity contribution in [3.63, 3.8) is 0 Å². The first-order valence-electron chi connectivity index (χ1n) is 6.07. The van der Waals surface area contributed by atoms with E-state index in [0.717, 1.165) is 10.7 Å². The van der Waals surface area contributed by atoms with E-state index >= 15 is 0 Å². The summed E-state index contributed by atoms with van der Waals surface area (Å²) < 4.78 is 10.9. The molecule has 1 N–H and O–H groups in total. The lowest BCUT2D eigenvalue weighted by Crippen LogP contribution is -1.98. The van der Waals surface area contributed by atoms with Gasteiger partial charge in [-0.3, -0.25) is 0 Å². The van der Waals surface area contributed by atoms with E-state index < -0.39 is 5.97 Å². The molecule has 1 aromatic carbocycles. The van der Waals surface area contributed by atoms with Crippen molar-refractivity contribution < 1.29 is 18.7 Å². The largest absolute Gasteiger partial charge is 0.478 e. The molecule has 0 radical (unpaired) electrons. The molecular weight excluding hydrogens is 276 g/mol. The summed E-state index contributed by atoms with van der Waals surface area (Å²) in [5.74, 6) is 0.790. The highest BCUT2D eigenvalue weighted by Crippen LogP contribution is 2.32. The molecule has 2 aromatic heterocycles. The molecular formula is C15H12O4S. The molecule has 4 nitrogen and oxygen atoms in total. The lowest BCUT2D eigenvalue weighted by molar-refractivity contribution is 0.0697. The molecule has 0 fully saturated rings. The Morgan fingerprint density at radius 3 is 2.80 bits per heavy atom. The molecule has 0 aliphatic heterocycles. The van der Waals surface area contributed by atoms with Gasteiger partial charge in [-0.15, -0.1) is 11.8 Å². The Morgan fingerprint density at radius 2 is 2.10 bits per heavy atom. The summed E-state index contributed by atoms with van der Waals surface area (Å²) in [5.41, 5.74) is 0.846. The highest BCUT2D eigenvalue weighted by Gasteiger charge is 2.20. The molecule has 0 aliphatic carbocycles. The second kappa shape index (κ2) is 5.09. The van der Waals surface area contributed by atoms with Gasteiger partial charge < -0.3 is 13.9 Å². The fraction of sp³-hybridized carbons (Fsp3) is 0.133. The Labute approximate surface area is 119 Å². The van der Waals surface area contributed by atoms with Gasteiger partial charge in [-0.25, -0.2) is 4.79 Å². The Hall–Kier alpha value is -2.14. The topological polar surface area (TPSA) is 63.6 Å². The van der Waals surface area contributed by atoms with Crippen LogP contribution in [0.5, 0.6) is 0 Å². The summed E-state index contributed by atoms with van der Waals surface area (Å²) in [7, 11) is 0. The minimum Gasteiger partial charge on any atom is -0.478 e. The number of carbonyl (C=O) groups is 1. The quantitative estimate of drug-likeness (QED) is 0.724. The van der Waals surface area contributed by atoms with Gasteiger partial charge in [0.15, 0.2) is 0 Å². The normalized spacial score (nSPS) is 11.1. The van der Waals surface area contributed by atoms with E-state index in [1.807, 2.05) is 19.1 Å². The minimum absolute atomic E-state index is 0.245. The summed E-state index contributed by atoms with van der Waals surface area (Å²) in [5, 5.41) is 10.0. The van der Waals surface area contributed by atoms with E-state index in [1.165, 1.54) is 11.8 Å². The number of carboxylic acid groups (broad SMARTS) is 1. The molecule has 0 amide bonds. The van der Waals surface area contributed by atoms with E-state index in [9.17, 15) is 9.90 Å². The second-order valence-electron chi connectivity index (χ2n) is 4.33. The van der Waals surface area contributed by atoms with E-state index in [4.69, 9.17) is 8.83 Å². The first-order valence-corrected chi connectivity index (χ1v) is 7.06. The number of hydrogen-bond acceptors (Lipinski definition) is 4. The standard InChI is InChI=1S/C15H12O4S/c1-9-13(6-7-18-9)20-8-12-14(15(16)17)10-4-2-3-5-11(10)19-12/h2-7H,8H2,1H3,(H,16,17). The fourth-order valence-electron chi connectivity index (χ4n) is 2.10. The third-order valence-corrected chi connectivity index (χ3v) is 4.19. The van der Waals surface area contributed by atoms with Crippen molar-refractivity contribution in [3.05, 3.63) is 53.7 Å². The van der Waals surface area contributed by atoms with Crippen LogP contribution in [0.15, 0.2) is 50.3 Å². The smallest absolute Gasteiger partial charge is 0.339 e. The van der Waals surface area contributed by atoms with Crippen molar-refractivity contribution in [2.45, 2.75) is 17.6 Å². The number of thioether (sulfide) groups is 1. The van der Waals surface area contributed by atoms with Gasteiger partial charge in [-0.05, 0) is 19.1 Å². The van der Waals surface area contributed by atoms with Crippen LogP contribution in [0.3, 0.4) is 0 Å². The number of aromatic carboxylic acids is 1. The molecule has 0 saturated heterocycles. The highest BCUT2D eigenvalue weighted by molar-refractivity contribution is 7.98. The Kier molecular flexibility index (Phi) is 3.28. The summed E-state index contributed by atoms with van der Waals surface area (Å²) >= 11 is 1.50. The first-order chi connectivity index (χ1) is 9.66. The highest BCUT2D eigenvalue weighted by atomic mass is 32.2. The average Bonchev–Trinajstić information content (AvgIpc) is 2.99. The number of para-hydroxylation sites is 1. The van der Waals surface area contributed by atoms with Crippen LogP contribution in [-0.2, 0) is 5.75 Å². The first kappa shape index (κ1) is 12.9. The Balaban J connectivity index is 1.96. The lowest BCUT2D eigenvalue weighted by atomic mass is 10.1. The number of furan rings is 2. The maximum Gasteiger partial charge on any atom is 0.339 e. The molecule has 0 atom stereocenters. The number of benzene rings is 1. The van der Waals surface area contributed by atoms with Crippen LogP contribution in [0, 0.1) is 6.92 Å². The molecule has 0 saturated carbocycles. The van der Waals surface area contributed by atoms with Gasteiger partial charge in [0.05, 0.1) is 12.0 Å². The predicted octanol–water partition coefficient (Wildman–Crippen LogP) is 4.32. The van der Waals surface area contributed by atoms with Crippen molar-refractivity contribution in [3.8, 4) is 0 Å². The molecule has 0 aliphatic rings. The van der Waals surface area contributed by atoms with Crippen LogP contribution in [0.25, 0.3) is 11.0 Å². The van der Waals surface area contributed by atoms with Gasteiger partial charge in [0.2, 0.25) is 0 Å².